The fraction of sp³-hybridized carbons (Fsp3) is 0.0612. The number of nitrogens with zero attached hydrogens (tertiary/aromatic N) is 1. The second kappa shape index (κ2) is 12.1. The first-order chi connectivity index (χ1) is 25.1. The van der Waals surface area contributed by atoms with Crippen molar-refractivity contribution in [3.05, 3.63) is 210 Å². The van der Waals surface area contributed by atoms with Gasteiger partial charge in [-0.15, -0.1) is 11.3 Å². The number of hydrogen-bond donors (Lipinski definition) is 0. The van der Waals surface area contributed by atoms with Gasteiger partial charge in [0.15, 0.2) is 0 Å². The molecule has 7 aromatic carbocycles. The lowest BCUT2D eigenvalue weighted by molar-refractivity contribution is 0.767. The smallest absolute Gasteiger partial charge is 0.0714 e. The van der Waals surface area contributed by atoms with Crippen LogP contribution in [0.25, 0.3) is 42.1 Å². The van der Waals surface area contributed by atoms with Gasteiger partial charge in [0.1, 0.15) is 0 Å². The summed E-state index contributed by atoms with van der Waals surface area (Å²) in [4.78, 5) is 2.51. The number of benzene rings is 7. The Kier molecular flexibility index (Phi) is 7.38. The number of aryl methyl sites for hydroxylation is 2. The highest BCUT2D eigenvalue weighted by atomic mass is 32.1. The molecule has 51 heavy (non-hydrogen) atoms. The molecule has 1 unspecified atom stereocenters. The minimum absolute atomic E-state index is 0.584. The van der Waals surface area contributed by atoms with Crippen molar-refractivity contribution in [2.75, 3.05) is 4.90 Å². The fourth-order valence-electron chi connectivity index (χ4n) is 8.49. The van der Waals surface area contributed by atoms with E-state index in [-0.39, 0.29) is 0 Å². The molecule has 0 saturated carbocycles. The third-order valence-electron chi connectivity index (χ3n) is 10.9. The van der Waals surface area contributed by atoms with Crippen molar-refractivity contribution < 1.29 is 0 Å². The summed E-state index contributed by atoms with van der Waals surface area (Å²) in [7, 11) is 0. The molecule has 1 nitrogen and oxygen atoms in total. The molecule has 0 bridgehead atoms. The van der Waals surface area contributed by atoms with E-state index in [4.69, 9.17) is 0 Å². The van der Waals surface area contributed by atoms with Gasteiger partial charge in [0.05, 0.1) is 21.5 Å². The summed E-state index contributed by atoms with van der Waals surface area (Å²) >= 11 is 1.87. The van der Waals surface area contributed by atoms with Gasteiger partial charge in [0.25, 0.3) is 0 Å². The molecule has 2 heteroatoms. The summed E-state index contributed by atoms with van der Waals surface area (Å²) in [5.74, 6) is 0. The van der Waals surface area contributed by atoms with E-state index in [1.165, 1.54) is 81.3 Å². The number of thiophene rings is 1. The number of allylic oxidation sites excluding steroid dienone is 4. The Bertz CT molecular complexity index is 2710. The molecule has 1 heterocycles. The summed E-state index contributed by atoms with van der Waals surface area (Å²) < 4.78 is 2.57. The number of rotatable bonds is 7. The molecule has 1 aromatic heterocycles. The summed E-state index contributed by atoms with van der Waals surface area (Å²) in [5, 5.41) is 5.08. The average molecular weight is 672 g/mol. The highest BCUT2D eigenvalue weighted by Gasteiger charge is 2.46. The Labute approximate surface area is 303 Å². The SMILES string of the molecule is C=C/C=C(\C=C)C1(c2ccccc2)c2ccccc2-c2ccc(N(c3cc(C)c(C)c4ccccc34)c3cccc4c3sc3ccccc34)cc21. The van der Waals surface area contributed by atoms with Gasteiger partial charge in [0, 0.05) is 26.5 Å². The lowest BCUT2D eigenvalue weighted by Gasteiger charge is -2.35. The largest absolute Gasteiger partial charge is 0.308 e. The van der Waals surface area contributed by atoms with Crippen LogP contribution < -0.4 is 4.90 Å². The summed E-state index contributed by atoms with van der Waals surface area (Å²) in [6.07, 6.45) is 6.03. The molecule has 9 rings (SSSR count). The molecule has 1 aliphatic carbocycles. The van der Waals surface area contributed by atoms with Gasteiger partial charge in [-0.2, -0.15) is 0 Å². The van der Waals surface area contributed by atoms with Gasteiger partial charge in [-0.1, -0.05) is 147 Å². The van der Waals surface area contributed by atoms with E-state index in [0.29, 0.717) is 0 Å². The van der Waals surface area contributed by atoms with Crippen LogP contribution in [0.5, 0.6) is 0 Å². The van der Waals surface area contributed by atoms with E-state index in [9.17, 15) is 0 Å². The normalized spacial score (nSPS) is 15.2. The topological polar surface area (TPSA) is 3.24 Å². The van der Waals surface area contributed by atoms with Crippen LogP contribution >= 0.6 is 11.3 Å². The van der Waals surface area contributed by atoms with Crippen LogP contribution in [0.15, 0.2) is 183 Å². The third kappa shape index (κ3) is 4.53. The maximum atomic E-state index is 4.38. The number of fused-ring (bicyclic) bond motifs is 7. The molecule has 0 aliphatic heterocycles. The summed E-state index contributed by atoms with van der Waals surface area (Å²) in [5.41, 5.74) is 12.7. The molecule has 0 amide bonds. The summed E-state index contributed by atoms with van der Waals surface area (Å²) in [6.45, 7) is 13.0. The predicted molar refractivity (Wildman–Crippen MR) is 221 cm³/mol. The van der Waals surface area contributed by atoms with Crippen LogP contribution in [0.3, 0.4) is 0 Å². The monoisotopic (exact) mass is 671 g/mol. The van der Waals surface area contributed by atoms with Gasteiger partial charge >= 0.3 is 0 Å². The van der Waals surface area contributed by atoms with Crippen molar-refractivity contribution in [1.82, 2.24) is 0 Å². The van der Waals surface area contributed by atoms with Crippen LogP contribution in [-0.4, -0.2) is 0 Å². The molecular formula is C49H37NS. The van der Waals surface area contributed by atoms with Crippen molar-refractivity contribution in [3.63, 3.8) is 0 Å². The van der Waals surface area contributed by atoms with Crippen molar-refractivity contribution in [3.8, 4) is 11.1 Å². The van der Waals surface area contributed by atoms with E-state index in [1.54, 1.807) is 0 Å². The highest BCUT2D eigenvalue weighted by Crippen LogP contribution is 2.58. The predicted octanol–water partition coefficient (Wildman–Crippen LogP) is 13.9. The highest BCUT2D eigenvalue weighted by molar-refractivity contribution is 7.26. The first-order valence-corrected chi connectivity index (χ1v) is 18.3. The van der Waals surface area contributed by atoms with Crippen LogP contribution in [0.2, 0.25) is 0 Å². The van der Waals surface area contributed by atoms with Gasteiger partial charge in [-0.3, -0.25) is 0 Å². The van der Waals surface area contributed by atoms with E-state index < -0.39 is 5.41 Å². The van der Waals surface area contributed by atoms with Crippen molar-refractivity contribution >= 4 is 59.3 Å². The molecule has 8 aromatic rings. The second-order valence-electron chi connectivity index (χ2n) is 13.4. The number of anilines is 3. The van der Waals surface area contributed by atoms with Crippen molar-refractivity contribution in [2.24, 2.45) is 0 Å². The van der Waals surface area contributed by atoms with Crippen molar-refractivity contribution in [1.29, 1.82) is 0 Å². The van der Waals surface area contributed by atoms with Crippen LogP contribution in [0.1, 0.15) is 27.8 Å². The van der Waals surface area contributed by atoms with E-state index in [0.717, 1.165) is 11.3 Å². The van der Waals surface area contributed by atoms with Gasteiger partial charge in [-0.05, 0) is 94.1 Å². The first-order valence-electron chi connectivity index (χ1n) is 17.5. The summed E-state index contributed by atoms with van der Waals surface area (Å²) in [6, 6.07) is 53.6. The van der Waals surface area contributed by atoms with Crippen LogP contribution in [0, 0.1) is 13.8 Å². The van der Waals surface area contributed by atoms with Crippen molar-refractivity contribution in [2.45, 2.75) is 19.3 Å². The molecule has 0 radical (unpaired) electrons. The Morgan fingerprint density at radius 1 is 0.608 bits per heavy atom. The molecule has 1 aliphatic rings. The Morgan fingerprint density at radius 2 is 1.29 bits per heavy atom. The van der Waals surface area contributed by atoms with E-state index >= 15 is 0 Å². The molecular weight excluding hydrogens is 635 g/mol. The zero-order chi connectivity index (χ0) is 34.7. The zero-order valence-electron chi connectivity index (χ0n) is 28.9. The molecule has 0 saturated heterocycles. The fourth-order valence-corrected chi connectivity index (χ4v) is 9.70. The molecule has 1 atom stereocenters. The Hall–Kier alpha value is -5.96. The van der Waals surface area contributed by atoms with E-state index in [1.807, 2.05) is 23.5 Å². The Morgan fingerprint density at radius 3 is 2.10 bits per heavy atom. The second-order valence-corrected chi connectivity index (χ2v) is 14.5. The minimum atomic E-state index is -0.584. The molecule has 244 valence electrons. The maximum absolute atomic E-state index is 4.38. The maximum Gasteiger partial charge on any atom is 0.0714 e. The van der Waals surface area contributed by atoms with Crippen LogP contribution in [0.4, 0.5) is 17.1 Å². The Balaban J connectivity index is 1.41. The molecule has 0 N–H and O–H groups in total. The minimum Gasteiger partial charge on any atom is -0.308 e. The zero-order valence-corrected chi connectivity index (χ0v) is 29.7. The van der Waals surface area contributed by atoms with E-state index in [2.05, 4.69) is 184 Å². The third-order valence-corrected chi connectivity index (χ3v) is 12.1. The standard InChI is InChI=1S/C49H37NS/c1-5-17-34(6-2)49(35-18-8-7-9-19-35)43-25-14-12-21-38(43)39-29-28-36(31-44(39)49)50(46-30-32(3)33(4)37-20-10-11-22-40(37)46)45-26-16-24-42-41-23-13-15-27-47(41)51-48(42)45/h5-31H,1-2H2,3-4H3/b34-17+. The van der Waals surface area contributed by atoms with Gasteiger partial charge < -0.3 is 4.90 Å². The quantitative estimate of drug-likeness (QED) is 0.152. The average Bonchev–Trinajstić information content (AvgIpc) is 3.71. The van der Waals surface area contributed by atoms with Gasteiger partial charge in [-0.25, -0.2) is 0 Å². The van der Waals surface area contributed by atoms with Gasteiger partial charge in [0.2, 0.25) is 0 Å². The lowest BCUT2D eigenvalue weighted by atomic mass is 9.67. The lowest BCUT2D eigenvalue weighted by Crippen LogP contribution is -2.29. The number of hydrogen-bond acceptors (Lipinski definition) is 2. The first kappa shape index (κ1) is 31.1. The van der Waals surface area contributed by atoms with Crippen LogP contribution in [-0.2, 0) is 5.41 Å². The molecule has 0 spiro atoms. The molecule has 0 fully saturated rings.